The first-order valence-electron chi connectivity index (χ1n) is 6.97. The third-order valence-corrected chi connectivity index (χ3v) is 3.86. The fourth-order valence-corrected chi connectivity index (χ4v) is 2.83. The van der Waals surface area contributed by atoms with E-state index in [1.54, 1.807) is 14.2 Å². The van der Waals surface area contributed by atoms with Crippen LogP contribution in [-0.2, 0) is 6.42 Å². The van der Waals surface area contributed by atoms with E-state index in [0.29, 0.717) is 6.61 Å². The number of rotatable bonds is 4. The van der Waals surface area contributed by atoms with Gasteiger partial charge in [0.15, 0.2) is 0 Å². The van der Waals surface area contributed by atoms with E-state index in [9.17, 15) is 0 Å². The molecule has 1 heterocycles. The van der Waals surface area contributed by atoms with Crippen molar-refractivity contribution in [2.75, 3.05) is 20.8 Å². The van der Waals surface area contributed by atoms with Crippen LogP contribution in [0.5, 0.6) is 17.2 Å². The third kappa shape index (κ3) is 2.32. The predicted octanol–water partition coefficient (Wildman–Crippen LogP) is 2.69. The molecule has 1 unspecified atom stereocenters. The Bertz CT molecular complexity index is 632. The van der Waals surface area contributed by atoms with Gasteiger partial charge < -0.3 is 19.9 Å². The molecule has 0 radical (unpaired) electrons. The number of benzene rings is 2. The Balaban J connectivity index is 2.11. The first-order valence-corrected chi connectivity index (χ1v) is 6.97. The van der Waals surface area contributed by atoms with Gasteiger partial charge in [0.1, 0.15) is 17.2 Å². The van der Waals surface area contributed by atoms with Gasteiger partial charge in [-0.05, 0) is 17.7 Å². The van der Waals surface area contributed by atoms with E-state index in [0.717, 1.165) is 34.8 Å². The van der Waals surface area contributed by atoms with Crippen LogP contribution < -0.4 is 19.9 Å². The number of fused-ring (bicyclic) bond motifs is 1. The van der Waals surface area contributed by atoms with Gasteiger partial charge in [0.25, 0.3) is 0 Å². The van der Waals surface area contributed by atoms with E-state index < -0.39 is 0 Å². The second-order valence-corrected chi connectivity index (χ2v) is 4.99. The maximum absolute atomic E-state index is 6.50. The Hall–Kier alpha value is -2.20. The Morgan fingerprint density at radius 3 is 2.38 bits per heavy atom. The van der Waals surface area contributed by atoms with Crippen molar-refractivity contribution < 1.29 is 14.2 Å². The van der Waals surface area contributed by atoms with Crippen molar-refractivity contribution >= 4 is 0 Å². The van der Waals surface area contributed by atoms with Crippen LogP contribution in [0.25, 0.3) is 0 Å². The molecule has 1 aliphatic heterocycles. The molecule has 1 aliphatic rings. The van der Waals surface area contributed by atoms with Crippen molar-refractivity contribution in [2.24, 2.45) is 5.73 Å². The van der Waals surface area contributed by atoms with Gasteiger partial charge in [0.05, 0.1) is 32.4 Å². The van der Waals surface area contributed by atoms with Crippen molar-refractivity contribution in [1.29, 1.82) is 0 Å². The van der Waals surface area contributed by atoms with Gasteiger partial charge in [-0.3, -0.25) is 0 Å². The maximum atomic E-state index is 6.50. The van der Waals surface area contributed by atoms with Crippen LogP contribution in [0, 0.1) is 0 Å². The standard InChI is InChI=1S/C17H19NO3/c1-19-13-7-4-8-14(20-2)15(13)16(18)12-6-3-5-11-9-10-21-17(11)12/h3-8,16H,9-10,18H2,1-2H3. The zero-order valence-electron chi connectivity index (χ0n) is 12.3. The summed E-state index contributed by atoms with van der Waals surface area (Å²) >= 11 is 0. The topological polar surface area (TPSA) is 53.7 Å². The zero-order chi connectivity index (χ0) is 14.8. The molecule has 0 saturated heterocycles. The minimum absolute atomic E-state index is 0.357. The highest BCUT2D eigenvalue weighted by molar-refractivity contribution is 5.55. The third-order valence-electron chi connectivity index (χ3n) is 3.86. The molecular weight excluding hydrogens is 266 g/mol. The maximum Gasteiger partial charge on any atom is 0.127 e. The number of ether oxygens (including phenoxy) is 3. The fourth-order valence-electron chi connectivity index (χ4n) is 2.83. The molecule has 0 fully saturated rings. The Morgan fingerprint density at radius 1 is 1.05 bits per heavy atom. The normalized spacial score (nSPS) is 14.2. The molecular formula is C17H19NO3. The molecule has 1 atom stereocenters. The van der Waals surface area contributed by atoms with Gasteiger partial charge in [0, 0.05) is 12.0 Å². The zero-order valence-corrected chi connectivity index (χ0v) is 12.3. The molecule has 4 heteroatoms. The van der Waals surface area contributed by atoms with E-state index in [1.807, 2.05) is 30.3 Å². The molecule has 0 aromatic heterocycles. The van der Waals surface area contributed by atoms with Crippen LogP contribution in [0.15, 0.2) is 36.4 Å². The number of hydrogen-bond donors (Lipinski definition) is 1. The lowest BCUT2D eigenvalue weighted by atomic mass is 9.95. The molecule has 21 heavy (non-hydrogen) atoms. The summed E-state index contributed by atoms with van der Waals surface area (Å²) in [5.41, 5.74) is 9.51. The predicted molar refractivity (Wildman–Crippen MR) is 81.2 cm³/mol. The lowest BCUT2D eigenvalue weighted by Crippen LogP contribution is -2.15. The SMILES string of the molecule is COc1cccc(OC)c1C(N)c1cccc2c1OCC2. The van der Waals surface area contributed by atoms with Gasteiger partial charge in [-0.25, -0.2) is 0 Å². The van der Waals surface area contributed by atoms with Crippen molar-refractivity contribution in [3.05, 3.63) is 53.1 Å². The van der Waals surface area contributed by atoms with Crippen LogP contribution in [0.3, 0.4) is 0 Å². The minimum Gasteiger partial charge on any atom is -0.496 e. The monoisotopic (exact) mass is 285 g/mol. The van der Waals surface area contributed by atoms with Crippen LogP contribution in [-0.4, -0.2) is 20.8 Å². The van der Waals surface area contributed by atoms with E-state index in [1.165, 1.54) is 5.56 Å². The molecule has 0 amide bonds. The molecule has 2 aromatic carbocycles. The first-order chi connectivity index (χ1) is 10.3. The quantitative estimate of drug-likeness (QED) is 0.938. The van der Waals surface area contributed by atoms with Crippen molar-refractivity contribution in [3.63, 3.8) is 0 Å². The smallest absolute Gasteiger partial charge is 0.127 e. The van der Waals surface area contributed by atoms with Crippen LogP contribution in [0.4, 0.5) is 0 Å². The average Bonchev–Trinajstić information content (AvgIpc) is 3.01. The molecule has 2 N–H and O–H groups in total. The molecule has 2 aromatic rings. The number of hydrogen-bond acceptors (Lipinski definition) is 4. The van der Waals surface area contributed by atoms with Gasteiger partial charge in [-0.15, -0.1) is 0 Å². The minimum atomic E-state index is -0.357. The van der Waals surface area contributed by atoms with Crippen LogP contribution in [0.1, 0.15) is 22.7 Å². The molecule has 3 rings (SSSR count). The van der Waals surface area contributed by atoms with E-state index in [2.05, 4.69) is 6.07 Å². The van der Waals surface area contributed by atoms with Gasteiger partial charge >= 0.3 is 0 Å². The summed E-state index contributed by atoms with van der Waals surface area (Å²) in [5, 5.41) is 0. The lowest BCUT2D eigenvalue weighted by Gasteiger charge is -2.20. The Labute approximate surface area is 124 Å². The van der Waals surface area contributed by atoms with Crippen molar-refractivity contribution in [3.8, 4) is 17.2 Å². The molecule has 110 valence electrons. The van der Waals surface area contributed by atoms with Crippen molar-refractivity contribution in [2.45, 2.75) is 12.5 Å². The van der Waals surface area contributed by atoms with E-state index in [-0.39, 0.29) is 6.04 Å². The summed E-state index contributed by atoms with van der Waals surface area (Å²) in [5.74, 6) is 2.34. The van der Waals surface area contributed by atoms with Gasteiger partial charge in [-0.1, -0.05) is 24.3 Å². The number of para-hydroxylation sites is 1. The summed E-state index contributed by atoms with van der Waals surface area (Å²) in [4.78, 5) is 0. The average molecular weight is 285 g/mol. The molecule has 0 saturated carbocycles. The molecule has 0 aliphatic carbocycles. The van der Waals surface area contributed by atoms with E-state index in [4.69, 9.17) is 19.9 Å². The summed E-state index contributed by atoms with van der Waals surface area (Å²) in [7, 11) is 3.27. The summed E-state index contributed by atoms with van der Waals surface area (Å²) in [6.07, 6.45) is 0.930. The Kier molecular flexibility index (Phi) is 3.71. The molecule has 4 nitrogen and oxygen atoms in total. The fraction of sp³-hybridized carbons (Fsp3) is 0.294. The largest absolute Gasteiger partial charge is 0.496 e. The second-order valence-electron chi connectivity index (χ2n) is 4.99. The highest BCUT2D eigenvalue weighted by Gasteiger charge is 2.25. The number of nitrogens with two attached hydrogens (primary N) is 1. The van der Waals surface area contributed by atoms with Crippen LogP contribution in [0.2, 0.25) is 0 Å². The summed E-state index contributed by atoms with van der Waals surface area (Å²) < 4.78 is 16.7. The van der Waals surface area contributed by atoms with Crippen molar-refractivity contribution in [1.82, 2.24) is 0 Å². The summed E-state index contributed by atoms with van der Waals surface area (Å²) in [6.45, 7) is 0.710. The first kappa shape index (κ1) is 13.8. The number of methoxy groups -OCH3 is 2. The molecule has 0 bridgehead atoms. The highest BCUT2D eigenvalue weighted by Crippen LogP contribution is 2.41. The molecule has 0 spiro atoms. The highest BCUT2D eigenvalue weighted by atomic mass is 16.5. The van der Waals surface area contributed by atoms with E-state index >= 15 is 0 Å². The van der Waals surface area contributed by atoms with Gasteiger partial charge in [0.2, 0.25) is 0 Å². The summed E-state index contributed by atoms with van der Waals surface area (Å²) in [6, 6.07) is 11.4. The lowest BCUT2D eigenvalue weighted by molar-refractivity contribution is 0.350. The Morgan fingerprint density at radius 2 is 1.71 bits per heavy atom. The second kappa shape index (κ2) is 5.66. The van der Waals surface area contributed by atoms with Crippen LogP contribution >= 0.6 is 0 Å². The van der Waals surface area contributed by atoms with Gasteiger partial charge in [-0.2, -0.15) is 0 Å².